The SMILES string of the molecule is CCCn1c(COC(=O)c2cccc(OC)c2O)nc2cc(S(=O)(=O)N3CCOCC3)ccc21. The highest BCUT2D eigenvalue weighted by molar-refractivity contribution is 7.89. The minimum absolute atomic E-state index is 0.0172. The summed E-state index contributed by atoms with van der Waals surface area (Å²) in [6.45, 7) is 3.83. The van der Waals surface area contributed by atoms with E-state index in [1.807, 2.05) is 11.5 Å². The summed E-state index contributed by atoms with van der Waals surface area (Å²) in [7, 11) is -2.27. The summed E-state index contributed by atoms with van der Waals surface area (Å²) in [4.78, 5) is 17.3. The predicted octanol–water partition coefficient (Wildman–Crippen LogP) is 2.54. The standard InChI is InChI=1S/C23H27N3O7S/c1-3-9-26-19-8-7-16(34(29,30)25-10-12-32-13-11-25)14-18(19)24-21(26)15-33-23(28)17-5-4-6-20(31-2)22(17)27/h4-8,14,27H,3,9-13,15H2,1-2H3. The lowest BCUT2D eigenvalue weighted by Crippen LogP contribution is -2.40. The van der Waals surface area contributed by atoms with E-state index >= 15 is 0 Å². The van der Waals surface area contributed by atoms with Crippen molar-refractivity contribution in [3.05, 3.63) is 47.8 Å². The number of phenolic OH excluding ortho intramolecular Hbond substituents is 1. The number of carbonyl (C=O) groups is 1. The number of para-hydroxylation sites is 1. The Kier molecular flexibility index (Phi) is 7.05. The number of ether oxygens (including phenoxy) is 3. The summed E-state index contributed by atoms with van der Waals surface area (Å²) in [5.41, 5.74) is 1.23. The van der Waals surface area contributed by atoms with Gasteiger partial charge in [-0.05, 0) is 36.8 Å². The van der Waals surface area contributed by atoms with Gasteiger partial charge >= 0.3 is 5.97 Å². The van der Waals surface area contributed by atoms with Crippen molar-refractivity contribution in [2.75, 3.05) is 33.4 Å². The fourth-order valence-electron chi connectivity index (χ4n) is 3.90. The van der Waals surface area contributed by atoms with Crippen molar-refractivity contribution in [1.82, 2.24) is 13.9 Å². The van der Waals surface area contributed by atoms with Crippen LogP contribution in [0, 0.1) is 0 Å². The topological polar surface area (TPSA) is 120 Å². The van der Waals surface area contributed by atoms with E-state index in [0.717, 1.165) is 11.9 Å². The maximum atomic E-state index is 13.0. The van der Waals surface area contributed by atoms with Crippen LogP contribution in [0.4, 0.5) is 0 Å². The van der Waals surface area contributed by atoms with Gasteiger partial charge in [0.2, 0.25) is 10.0 Å². The van der Waals surface area contributed by atoms with E-state index in [9.17, 15) is 18.3 Å². The number of aromatic hydroxyl groups is 1. The largest absolute Gasteiger partial charge is 0.504 e. The monoisotopic (exact) mass is 489 g/mol. The summed E-state index contributed by atoms with van der Waals surface area (Å²) in [6.07, 6.45) is 0.802. The summed E-state index contributed by atoms with van der Waals surface area (Å²) in [6, 6.07) is 9.41. The molecular formula is C23H27N3O7S. The van der Waals surface area contributed by atoms with Gasteiger partial charge in [-0.1, -0.05) is 13.0 Å². The molecule has 0 radical (unpaired) electrons. The maximum absolute atomic E-state index is 13.0. The lowest BCUT2D eigenvalue weighted by atomic mass is 10.2. The van der Waals surface area contributed by atoms with E-state index in [1.54, 1.807) is 24.3 Å². The molecule has 3 aromatic rings. The molecule has 0 saturated carbocycles. The Morgan fingerprint density at radius 1 is 1.21 bits per heavy atom. The van der Waals surface area contributed by atoms with Crippen LogP contribution in [0.3, 0.4) is 0 Å². The van der Waals surface area contributed by atoms with Crippen molar-refractivity contribution >= 4 is 27.0 Å². The minimum Gasteiger partial charge on any atom is -0.504 e. The number of aryl methyl sites for hydroxylation is 1. The Morgan fingerprint density at radius 3 is 2.68 bits per heavy atom. The van der Waals surface area contributed by atoms with E-state index in [2.05, 4.69) is 4.98 Å². The number of sulfonamides is 1. The molecule has 1 aliphatic rings. The molecule has 0 amide bonds. The molecule has 11 heteroatoms. The molecule has 1 saturated heterocycles. The van der Waals surface area contributed by atoms with Gasteiger partial charge in [0.15, 0.2) is 11.5 Å². The molecule has 0 atom stereocenters. The van der Waals surface area contributed by atoms with Gasteiger partial charge in [0.1, 0.15) is 18.0 Å². The number of aromatic nitrogens is 2. The van der Waals surface area contributed by atoms with E-state index in [1.165, 1.54) is 23.5 Å². The second kappa shape index (κ2) is 10.00. The zero-order valence-corrected chi connectivity index (χ0v) is 19.9. The summed E-state index contributed by atoms with van der Waals surface area (Å²) in [5.74, 6) is -0.368. The zero-order valence-electron chi connectivity index (χ0n) is 19.1. The lowest BCUT2D eigenvalue weighted by Gasteiger charge is -2.26. The molecule has 0 aliphatic carbocycles. The van der Waals surface area contributed by atoms with Gasteiger partial charge in [-0.25, -0.2) is 18.2 Å². The van der Waals surface area contributed by atoms with Gasteiger partial charge in [0.05, 0.1) is 36.3 Å². The third-order valence-electron chi connectivity index (χ3n) is 5.62. The molecule has 1 aromatic heterocycles. The molecule has 0 unspecified atom stereocenters. The Labute approximate surface area is 197 Å². The van der Waals surface area contributed by atoms with Gasteiger partial charge in [0.25, 0.3) is 0 Å². The fraction of sp³-hybridized carbons (Fsp3) is 0.391. The van der Waals surface area contributed by atoms with Crippen LogP contribution < -0.4 is 4.74 Å². The molecule has 34 heavy (non-hydrogen) atoms. The number of rotatable bonds is 8. The van der Waals surface area contributed by atoms with E-state index < -0.39 is 16.0 Å². The van der Waals surface area contributed by atoms with Gasteiger partial charge in [0, 0.05) is 19.6 Å². The predicted molar refractivity (Wildman–Crippen MR) is 123 cm³/mol. The second-order valence-electron chi connectivity index (χ2n) is 7.78. The van der Waals surface area contributed by atoms with Crippen LogP contribution >= 0.6 is 0 Å². The lowest BCUT2D eigenvalue weighted by molar-refractivity contribution is 0.0454. The first kappa shape index (κ1) is 24.0. The molecule has 182 valence electrons. The third-order valence-corrected chi connectivity index (χ3v) is 7.52. The van der Waals surface area contributed by atoms with Crippen LogP contribution in [-0.4, -0.2) is 66.8 Å². The highest BCUT2D eigenvalue weighted by Crippen LogP contribution is 2.30. The molecule has 0 spiro atoms. The van der Waals surface area contributed by atoms with E-state index in [4.69, 9.17) is 14.2 Å². The van der Waals surface area contributed by atoms with Crippen LogP contribution in [-0.2, 0) is 32.6 Å². The number of hydrogen-bond acceptors (Lipinski definition) is 8. The van der Waals surface area contributed by atoms with Crippen LogP contribution in [0.25, 0.3) is 11.0 Å². The average molecular weight is 490 g/mol. The highest BCUT2D eigenvalue weighted by Gasteiger charge is 2.27. The Hall–Kier alpha value is -3.15. The van der Waals surface area contributed by atoms with Crippen LogP contribution in [0.5, 0.6) is 11.5 Å². The van der Waals surface area contributed by atoms with E-state index in [-0.39, 0.29) is 28.6 Å². The molecule has 1 aliphatic heterocycles. The number of esters is 1. The molecule has 2 heterocycles. The number of benzene rings is 2. The van der Waals surface area contributed by atoms with Crippen LogP contribution in [0.1, 0.15) is 29.5 Å². The van der Waals surface area contributed by atoms with Gasteiger partial charge in [-0.2, -0.15) is 4.31 Å². The Balaban J connectivity index is 1.61. The van der Waals surface area contributed by atoms with Gasteiger partial charge < -0.3 is 23.9 Å². The molecular weight excluding hydrogens is 462 g/mol. The smallest absolute Gasteiger partial charge is 0.342 e. The quantitative estimate of drug-likeness (QED) is 0.480. The summed E-state index contributed by atoms with van der Waals surface area (Å²) in [5, 5.41) is 10.2. The number of nitrogens with zero attached hydrogens (tertiary/aromatic N) is 3. The molecule has 1 N–H and O–H groups in total. The second-order valence-corrected chi connectivity index (χ2v) is 9.72. The van der Waals surface area contributed by atoms with Crippen molar-refractivity contribution in [2.45, 2.75) is 31.4 Å². The first-order chi connectivity index (χ1) is 16.4. The van der Waals surface area contributed by atoms with Crippen molar-refractivity contribution in [3.63, 3.8) is 0 Å². The number of fused-ring (bicyclic) bond motifs is 1. The van der Waals surface area contributed by atoms with E-state index in [0.29, 0.717) is 44.2 Å². The molecule has 4 rings (SSSR count). The molecule has 1 fully saturated rings. The van der Waals surface area contributed by atoms with Crippen LogP contribution in [0.2, 0.25) is 0 Å². The van der Waals surface area contributed by atoms with Gasteiger partial charge in [-0.3, -0.25) is 0 Å². The number of methoxy groups -OCH3 is 1. The maximum Gasteiger partial charge on any atom is 0.342 e. The number of hydrogen-bond donors (Lipinski definition) is 1. The minimum atomic E-state index is -3.66. The number of carbonyl (C=O) groups excluding carboxylic acids is 1. The molecule has 10 nitrogen and oxygen atoms in total. The Bertz CT molecular complexity index is 1300. The number of phenols is 1. The zero-order chi connectivity index (χ0) is 24.3. The molecule has 2 aromatic carbocycles. The first-order valence-electron chi connectivity index (χ1n) is 11.0. The van der Waals surface area contributed by atoms with Crippen molar-refractivity contribution < 1.29 is 32.5 Å². The van der Waals surface area contributed by atoms with Crippen molar-refractivity contribution in [3.8, 4) is 11.5 Å². The fourth-order valence-corrected chi connectivity index (χ4v) is 5.33. The van der Waals surface area contributed by atoms with Crippen molar-refractivity contribution in [1.29, 1.82) is 0 Å². The summed E-state index contributed by atoms with van der Waals surface area (Å²) < 4.78 is 45.1. The number of morpholine rings is 1. The summed E-state index contributed by atoms with van der Waals surface area (Å²) >= 11 is 0. The average Bonchev–Trinajstić information content (AvgIpc) is 3.20. The normalized spacial score (nSPS) is 14.9. The third kappa shape index (κ3) is 4.59. The highest BCUT2D eigenvalue weighted by atomic mass is 32.2. The van der Waals surface area contributed by atoms with Gasteiger partial charge in [-0.15, -0.1) is 0 Å². The number of imidazole rings is 1. The van der Waals surface area contributed by atoms with Crippen LogP contribution in [0.15, 0.2) is 41.3 Å². The molecule has 0 bridgehead atoms. The van der Waals surface area contributed by atoms with Crippen molar-refractivity contribution in [2.24, 2.45) is 0 Å². The Morgan fingerprint density at radius 2 is 1.97 bits per heavy atom. The first-order valence-corrected chi connectivity index (χ1v) is 12.4.